The van der Waals surface area contributed by atoms with Crippen LogP contribution in [0, 0.1) is 0 Å². The molecule has 1 heterocycles. The summed E-state index contributed by atoms with van der Waals surface area (Å²) in [6.07, 6.45) is 3.79. The summed E-state index contributed by atoms with van der Waals surface area (Å²) in [5, 5.41) is 10.1. The average molecular weight is 287 g/mol. The molecule has 3 aliphatic rings. The molecule has 0 spiro atoms. The third kappa shape index (κ3) is 1.89. The maximum absolute atomic E-state index is 10.1. The van der Waals surface area contributed by atoms with Crippen LogP contribution in [0.25, 0.3) is 0 Å². The van der Waals surface area contributed by atoms with Gasteiger partial charge in [0.15, 0.2) is 11.5 Å². The lowest BCUT2D eigenvalue weighted by Crippen LogP contribution is -2.39. The fourth-order valence-corrected chi connectivity index (χ4v) is 4.20. The topological polar surface area (TPSA) is 64.7 Å². The van der Waals surface area contributed by atoms with Gasteiger partial charge >= 0.3 is 0 Å². The molecule has 4 heteroatoms. The van der Waals surface area contributed by atoms with Crippen LogP contribution in [0.3, 0.4) is 0 Å². The van der Waals surface area contributed by atoms with E-state index in [4.69, 9.17) is 15.2 Å². The Morgan fingerprint density at radius 1 is 1.38 bits per heavy atom. The third-order valence-electron chi connectivity index (χ3n) is 4.90. The first kappa shape index (κ1) is 13.2. The lowest BCUT2D eigenvalue weighted by Gasteiger charge is -2.31. The SMILES string of the molecule is COc1ccc2c3c1OC1CC(O)C=C(CC(C)(N)C2)C31. The highest BCUT2D eigenvalue weighted by molar-refractivity contribution is 5.60. The van der Waals surface area contributed by atoms with Gasteiger partial charge < -0.3 is 20.3 Å². The van der Waals surface area contributed by atoms with E-state index in [9.17, 15) is 5.11 Å². The molecule has 112 valence electrons. The van der Waals surface area contributed by atoms with Gasteiger partial charge in [-0.25, -0.2) is 0 Å². The highest BCUT2D eigenvalue weighted by Crippen LogP contribution is 2.54. The molecule has 0 saturated heterocycles. The van der Waals surface area contributed by atoms with Gasteiger partial charge in [0.05, 0.1) is 13.2 Å². The van der Waals surface area contributed by atoms with E-state index >= 15 is 0 Å². The third-order valence-corrected chi connectivity index (χ3v) is 4.90. The van der Waals surface area contributed by atoms with Gasteiger partial charge in [-0.15, -0.1) is 0 Å². The van der Waals surface area contributed by atoms with Crippen LogP contribution >= 0.6 is 0 Å². The summed E-state index contributed by atoms with van der Waals surface area (Å²) in [5.41, 5.74) is 9.89. The summed E-state index contributed by atoms with van der Waals surface area (Å²) in [4.78, 5) is 0. The van der Waals surface area contributed by atoms with Crippen molar-refractivity contribution in [3.8, 4) is 11.5 Å². The van der Waals surface area contributed by atoms with Crippen molar-refractivity contribution in [2.45, 2.75) is 49.9 Å². The minimum Gasteiger partial charge on any atom is -0.493 e. The van der Waals surface area contributed by atoms with Crippen LogP contribution in [-0.4, -0.2) is 30.0 Å². The molecule has 4 nitrogen and oxygen atoms in total. The van der Waals surface area contributed by atoms with Crippen LogP contribution in [-0.2, 0) is 6.42 Å². The van der Waals surface area contributed by atoms with Crippen molar-refractivity contribution in [1.29, 1.82) is 0 Å². The number of methoxy groups -OCH3 is 1. The molecule has 1 aromatic rings. The van der Waals surface area contributed by atoms with E-state index in [2.05, 4.69) is 13.0 Å². The van der Waals surface area contributed by atoms with E-state index in [1.807, 2.05) is 12.1 Å². The molecule has 0 amide bonds. The van der Waals surface area contributed by atoms with E-state index in [0.717, 1.165) is 24.3 Å². The van der Waals surface area contributed by atoms with Crippen molar-refractivity contribution >= 4 is 0 Å². The number of nitrogens with two attached hydrogens (primary N) is 1. The summed E-state index contributed by atoms with van der Waals surface area (Å²) in [6.45, 7) is 2.09. The minimum absolute atomic E-state index is 0.000972. The summed E-state index contributed by atoms with van der Waals surface area (Å²) in [7, 11) is 1.67. The molecule has 1 aromatic carbocycles. The quantitative estimate of drug-likeness (QED) is 0.774. The van der Waals surface area contributed by atoms with Crippen molar-refractivity contribution in [2.75, 3.05) is 7.11 Å². The van der Waals surface area contributed by atoms with Crippen molar-refractivity contribution in [2.24, 2.45) is 5.73 Å². The Morgan fingerprint density at radius 3 is 2.95 bits per heavy atom. The molecule has 3 N–H and O–H groups in total. The molecule has 0 fully saturated rings. The van der Waals surface area contributed by atoms with Crippen LogP contribution in [0.15, 0.2) is 23.8 Å². The fourth-order valence-electron chi connectivity index (χ4n) is 4.20. The number of hydrogen-bond donors (Lipinski definition) is 2. The zero-order chi connectivity index (χ0) is 14.8. The molecular formula is C17H21NO3. The van der Waals surface area contributed by atoms with Crippen molar-refractivity contribution in [3.63, 3.8) is 0 Å². The number of ether oxygens (including phenoxy) is 2. The van der Waals surface area contributed by atoms with Crippen LogP contribution in [0.4, 0.5) is 0 Å². The van der Waals surface area contributed by atoms with Crippen LogP contribution in [0.5, 0.6) is 11.5 Å². The maximum Gasteiger partial charge on any atom is 0.165 e. The second kappa shape index (κ2) is 4.24. The smallest absolute Gasteiger partial charge is 0.165 e. The predicted molar refractivity (Wildman–Crippen MR) is 79.8 cm³/mol. The van der Waals surface area contributed by atoms with E-state index in [1.54, 1.807) is 7.11 Å². The second-order valence-corrected chi connectivity index (χ2v) is 6.86. The number of rotatable bonds is 1. The molecule has 1 aliphatic heterocycles. The first-order valence-electron chi connectivity index (χ1n) is 7.52. The van der Waals surface area contributed by atoms with Crippen molar-refractivity contribution in [1.82, 2.24) is 0 Å². The molecule has 0 saturated carbocycles. The van der Waals surface area contributed by atoms with Crippen LogP contribution in [0.2, 0.25) is 0 Å². The fraction of sp³-hybridized carbons (Fsp3) is 0.529. The normalized spacial score (nSPS) is 36.4. The van der Waals surface area contributed by atoms with Crippen molar-refractivity contribution < 1.29 is 14.6 Å². The van der Waals surface area contributed by atoms with Gasteiger partial charge in [-0.3, -0.25) is 0 Å². The zero-order valence-corrected chi connectivity index (χ0v) is 12.4. The summed E-state index contributed by atoms with van der Waals surface area (Å²) >= 11 is 0. The highest BCUT2D eigenvalue weighted by Gasteiger charge is 2.46. The van der Waals surface area contributed by atoms with Gasteiger partial charge in [0.2, 0.25) is 0 Å². The number of hydrogen-bond acceptors (Lipinski definition) is 4. The number of aliphatic hydroxyl groups is 1. The molecule has 0 aromatic heterocycles. The van der Waals surface area contributed by atoms with Crippen molar-refractivity contribution in [3.05, 3.63) is 34.9 Å². The van der Waals surface area contributed by atoms with E-state index in [1.165, 1.54) is 16.7 Å². The standard InChI is InChI=1S/C17H21NO3/c1-17(18)7-9-3-4-12(20-2)16-15(9)14-10(8-17)5-11(19)6-13(14)21-16/h3-5,11,13-14,19H,6-8,18H2,1-2H3. The Morgan fingerprint density at radius 2 is 2.19 bits per heavy atom. The number of aliphatic hydroxyl groups excluding tert-OH is 1. The lowest BCUT2D eigenvalue weighted by molar-refractivity contribution is 0.112. The summed E-state index contributed by atoms with van der Waals surface area (Å²) in [5.74, 6) is 1.85. The van der Waals surface area contributed by atoms with Gasteiger partial charge in [-0.2, -0.15) is 0 Å². The predicted octanol–water partition coefficient (Wildman–Crippen LogP) is 1.89. The molecule has 4 atom stereocenters. The lowest BCUT2D eigenvalue weighted by atomic mass is 9.78. The molecule has 4 unspecified atom stereocenters. The van der Waals surface area contributed by atoms with Crippen LogP contribution in [0.1, 0.15) is 36.8 Å². The largest absolute Gasteiger partial charge is 0.493 e. The maximum atomic E-state index is 10.1. The van der Waals surface area contributed by atoms with Gasteiger partial charge in [-0.1, -0.05) is 17.7 Å². The Bertz CT molecular complexity index is 635. The first-order chi connectivity index (χ1) is 9.98. The van der Waals surface area contributed by atoms with Crippen LogP contribution < -0.4 is 15.2 Å². The molecule has 0 bridgehead atoms. The second-order valence-electron chi connectivity index (χ2n) is 6.86. The average Bonchev–Trinajstić information content (AvgIpc) is 2.71. The Hall–Kier alpha value is -1.52. The van der Waals surface area contributed by atoms with E-state index in [-0.39, 0.29) is 17.6 Å². The van der Waals surface area contributed by atoms with E-state index < -0.39 is 6.10 Å². The molecule has 2 aliphatic carbocycles. The first-order valence-corrected chi connectivity index (χ1v) is 7.52. The highest BCUT2D eigenvalue weighted by atomic mass is 16.5. The zero-order valence-electron chi connectivity index (χ0n) is 12.4. The minimum atomic E-state index is -0.445. The van der Waals surface area contributed by atoms with Gasteiger partial charge in [0.25, 0.3) is 0 Å². The summed E-state index contributed by atoms with van der Waals surface area (Å²) < 4.78 is 11.6. The molecule has 21 heavy (non-hydrogen) atoms. The Balaban J connectivity index is 1.95. The molecule has 4 rings (SSSR count). The Kier molecular flexibility index (Phi) is 2.66. The van der Waals surface area contributed by atoms with Gasteiger partial charge in [0, 0.05) is 23.4 Å². The van der Waals surface area contributed by atoms with E-state index in [0.29, 0.717) is 6.42 Å². The monoisotopic (exact) mass is 287 g/mol. The molecular weight excluding hydrogens is 266 g/mol. The Labute approximate surface area is 124 Å². The number of benzene rings is 1. The van der Waals surface area contributed by atoms with Gasteiger partial charge in [-0.05, 0) is 31.4 Å². The summed E-state index contributed by atoms with van der Waals surface area (Å²) in [6, 6.07) is 4.08. The molecule has 0 radical (unpaired) electrons. The van der Waals surface area contributed by atoms with Gasteiger partial charge in [0.1, 0.15) is 6.10 Å².